The first-order valence-corrected chi connectivity index (χ1v) is 6.59. The van der Waals surface area contributed by atoms with Gasteiger partial charge < -0.3 is 11.1 Å². The van der Waals surface area contributed by atoms with Crippen molar-refractivity contribution in [1.82, 2.24) is 5.32 Å². The van der Waals surface area contributed by atoms with Crippen LogP contribution in [0, 0.1) is 0 Å². The first-order chi connectivity index (χ1) is 7.86. The van der Waals surface area contributed by atoms with E-state index in [9.17, 15) is 13.2 Å². The minimum atomic E-state index is -3.95. The van der Waals surface area contributed by atoms with Crippen molar-refractivity contribution in [2.24, 2.45) is 10.9 Å². The molecular formula is C9H12ClN3O3S. The van der Waals surface area contributed by atoms with E-state index in [4.69, 9.17) is 22.5 Å². The zero-order chi connectivity index (χ0) is 13.1. The van der Waals surface area contributed by atoms with Crippen molar-refractivity contribution in [3.05, 3.63) is 28.8 Å². The molecule has 94 valence electrons. The first-order valence-electron chi connectivity index (χ1n) is 4.67. The van der Waals surface area contributed by atoms with Crippen molar-refractivity contribution in [3.63, 3.8) is 0 Å². The smallest absolute Gasteiger partial charge is 0.251 e. The van der Waals surface area contributed by atoms with Gasteiger partial charge in [-0.25, -0.2) is 13.6 Å². The van der Waals surface area contributed by atoms with Crippen LogP contribution in [0.1, 0.15) is 10.4 Å². The molecule has 1 aromatic carbocycles. The topological polar surface area (TPSA) is 115 Å². The number of hydrogen-bond acceptors (Lipinski definition) is 4. The average Bonchev–Trinajstić information content (AvgIpc) is 2.25. The molecule has 0 radical (unpaired) electrons. The van der Waals surface area contributed by atoms with E-state index < -0.39 is 15.9 Å². The molecule has 0 atom stereocenters. The summed E-state index contributed by atoms with van der Waals surface area (Å²) in [6.45, 7) is 0.591. The summed E-state index contributed by atoms with van der Waals surface area (Å²) in [4.78, 5) is 11.3. The van der Waals surface area contributed by atoms with Crippen molar-refractivity contribution >= 4 is 27.5 Å². The molecule has 1 rings (SSSR count). The molecule has 0 aliphatic heterocycles. The molecule has 6 nitrogen and oxygen atoms in total. The summed E-state index contributed by atoms with van der Waals surface area (Å²) < 4.78 is 22.4. The predicted octanol–water partition coefficient (Wildman–Crippen LogP) is -0.324. The fraction of sp³-hybridized carbons (Fsp3) is 0.222. The van der Waals surface area contributed by atoms with Crippen molar-refractivity contribution in [1.29, 1.82) is 0 Å². The number of carbonyl (C=O) groups excluding carboxylic acids is 1. The monoisotopic (exact) mass is 277 g/mol. The van der Waals surface area contributed by atoms with Crippen LogP contribution in [0.15, 0.2) is 23.1 Å². The van der Waals surface area contributed by atoms with Crippen molar-refractivity contribution in [2.45, 2.75) is 4.90 Å². The molecule has 1 aromatic rings. The van der Waals surface area contributed by atoms with E-state index in [-0.39, 0.29) is 15.5 Å². The van der Waals surface area contributed by atoms with Gasteiger partial charge in [-0.2, -0.15) is 0 Å². The molecule has 0 aliphatic rings. The van der Waals surface area contributed by atoms with E-state index in [0.717, 1.165) is 6.07 Å². The van der Waals surface area contributed by atoms with Gasteiger partial charge in [-0.3, -0.25) is 4.79 Å². The Balaban J connectivity index is 3.09. The molecule has 0 saturated carbocycles. The van der Waals surface area contributed by atoms with Gasteiger partial charge in [0, 0.05) is 18.7 Å². The van der Waals surface area contributed by atoms with Gasteiger partial charge in [-0.05, 0) is 18.2 Å². The molecule has 17 heavy (non-hydrogen) atoms. The SMILES string of the molecule is NCCNC(=O)c1ccc(Cl)c(S(N)(=O)=O)c1. The van der Waals surface area contributed by atoms with Gasteiger partial charge in [0.1, 0.15) is 4.90 Å². The highest BCUT2D eigenvalue weighted by Crippen LogP contribution is 2.21. The second-order valence-corrected chi connectivity index (χ2v) is 5.17. The minimum Gasteiger partial charge on any atom is -0.351 e. The maximum atomic E-state index is 11.5. The number of nitrogens with one attached hydrogen (secondary N) is 1. The molecule has 0 fully saturated rings. The van der Waals surface area contributed by atoms with E-state index in [1.807, 2.05) is 0 Å². The summed E-state index contributed by atoms with van der Waals surface area (Å²) in [6.07, 6.45) is 0. The molecule has 8 heteroatoms. The maximum absolute atomic E-state index is 11.5. The quantitative estimate of drug-likeness (QED) is 0.699. The Kier molecular flexibility index (Phi) is 4.47. The molecule has 0 aliphatic carbocycles. The van der Waals surface area contributed by atoms with Crippen LogP contribution in [0.5, 0.6) is 0 Å². The van der Waals surface area contributed by atoms with Gasteiger partial charge >= 0.3 is 0 Å². The number of sulfonamides is 1. The molecule has 0 heterocycles. The lowest BCUT2D eigenvalue weighted by molar-refractivity contribution is 0.0954. The Hall–Kier alpha value is -1.15. The van der Waals surface area contributed by atoms with Crippen LogP contribution in [-0.2, 0) is 10.0 Å². The van der Waals surface area contributed by atoms with E-state index in [1.54, 1.807) is 0 Å². The molecule has 0 saturated heterocycles. The highest BCUT2D eigenvalue weighted by Gasteiger charge is 2.15. The maximum Gasteiger partial charge on any atom is 0.251 e. The molecule has 0 bridgehead atoms. The predicted molar refractivity (Wildman–Crippen MR) is 64.2 cm³/mol. The molecule has 5 N–H and O–H groups in total. The number of hydrogen-bond donors (Lipinski definition) is 3. The molecule has 1 amide bonds. The zero-order valence-corrected chi connectivity index (χ0v) is 10.4. The van der Waals surface area contributed by atoms with Crippen molar-refractivity contribution in [3.8, 4) is 0 Å². The Morgan fingerprint density at radius 1 is 1.41 bits per heavy atom. The first kappa shape index (κ1) is 13.9. The Bertz CT molecular complexity index is 530. The van der Waals surface area contributed by atoms with Crippen LogP contribution in [0.3, 0.4) is 0 Å². The van der Waals surface area contributed by atoms with Gasteiger partial charge in [0.25, 0.3) is 5.91 Å². The molecule has 0 aromatic heterocycles. The number of amides is 1. The van der Waals surface area contributed by atoms with Gasteiger partial charge in [0.05, 0.1) is 5.02 Å². The van der Waals surface area contributed by atoms with Crippen LogP contribution in [0.2, 0.25) is 5.02 Å². The number of halogens is 1. The molecule has 0 spiro atoms. The highest BCUT2D eigenvalue weighted by atomic mass is 35.5. The second kappa shape index (κ2) is 5.46. The third-order valence-corrected chi connectivity index (χ3v) is 3.32. The number of benzene rings is 1. The number of nitrogens with two attached hydrogens (primary N) is 2. The average molecular weight is 278 g/mol. The lowest BCUT2D eigenvalue weighted by Crippen LogP contribution is -2.29. The number of primary sulfonamides is 1. The summed E-state index contributed by atoms with van der Waals surface area (Å²) in [7, 11) is -3.95. The van der Waals surface area contributed by atoms with Crippen LogP contribution < -0.4 is 16.2 Å². The Morgan fingerprint density at radius 2 is 2.06 bits per heavy atom. The molecule has 0 unspecified atom stereocenters. The molecular weight excluding hydrogens is 266 g/mol. The summed E-state index contributed by atoms with van der Waals surface area (Å²) in [6, 6.07) is 3.84. The Labute approximate surface area is 104 Å². The van der Waals surface area contributed by atoms with Crippen molar-refractivity contribution in [2.75, 3.05) is 13.1 Å². The van der Waals surface area contributed by atoms with Crippen LogP contribution >= 0.6 is 11.6 Å². The fourth-order valence-corrected chi connectivity index (χ4v) is 2.22. The zero-order valence-electron chi connectivity index (χ0n) is 8.81. The van der Waals surface area contributed by atoms with Crippen molar-refractivity contribution < 1.29 is 13.2 Å². The van der Waals surface area contributed by atoms with Gasteiger partial charge in [-0.15, -0.1) is 0 Å². The lowest BCUT2D eigenvalue weighted by atomic mass is 10.2. The van der Waals surface area contributed by atoms with E-state index in [2.05, 4.69) is 5.32 Å². The standard InChI is InChI=1S/C9H12ClN3O3S/c10-7-2-1-6(9(14)13-4-3-11)5-8(7)17(12,15)16/h1-2,5H,3-4,11H2,(H,13,14)(H2,12,15,16). The van der Waals surface area contributed by atoms with Crippen LogP contribution in [0.25, 0.3) is 0 Å². The van der Waals surface area contributed by atoms with Gasteiger partial charge in [-0.1, -0.05) is 11.6 Å². The summed E-state index contributed by atoms with van der Waals surface area (Å²) in [5.41, 5.74) is 5.39. The summed E-state index contributed by atoms with van der Waals surface area (Å²) >= 11 is 5.68. The summed E-state index contributed by atoms with van der Waals surface area (Å²) in [5.74, 6) is -0.433. The minimum absolute atomic E-state index is 0.0251. The Morgan fingerprint density at radius 3 is 2.59 bits per heavy atom. The number of rotatable bonds is 4. The third-order valence-electron chi connectivity index (χ3n) is 1.93. The van der Waals surface area contributed by atoms with E-state index in [1.165, 1.54) is 12.1 Å². The largest absolute Gasteiger partial charge is 0.351 e. The highest BCUT2D eigenvalue weighted by molar-refractivity contribution is 7.89. The third kappa shape index (κ3) is 3.67. The van der Waals surface area contributed by atoms with E-state index >= 15 is 0 Å². The summed E-state index contributed by atoms with van der Waals surface area (Å²) in [5, 5.41) is 7.44. The lowest BCUT2D eigenvalue weighted by Gasteiger charge is -2.06. The van der Waals surface area contributed by atoms with Gasteiger partial charge in [0.2, 0.25) is 10.0 Å². The second-order valence-electron chi connectivity index (χ2n) is 3.23. The normalized spacial score (nSPS) is 11.2. The van der Waals surface area contributed by atoms with Crippen LogP contribution in [-0.4, -0.2) is 27.4 Å². The number of carbonyl (C=O) groups is 1. The van der Waals surface area contributed by atoms with Gasteiger partial charge in [0.15, 0.2) is 0 Å². The fourth-order valence-electron chi connectivity index (χ4n) is 1.15. The van der Waals surface area contributed by atoms with E-state index in [0.29, 0.717) is 13.1 Å². The van der Waals surface area contributed by atoms with Crippen LogP contribution in [0.4, 0.5) is 0 Å².